The lowest BCUT2D eigenvalue weighted by Crippen LogP contribution is -2.21. The summed E-state index contributed by atoms with van der Waals surface area (Å²) in [5.41, 5.74) is 2.84. The lowest BCUT2D eigenvalue weighted by molar-refractivity contribution is 0.483. The van der Waals surface area contributed by atoms with Gasteiger partial charge in [-0.2, -0.15) is 49.0 Å². The number of thiophene rings is 2. The van der Waals surface area contributed by atoms with Crippen LogP contribution >= 0.6 is 80.7 Å². The van der Waals surface area contributed by atoms with Gasteiger partial charge >= 0.3 is 20.2 Å². The van der Waals surface area contributed by atoms with Crippen molar-refractivity contribution < 1.29 is 38.9 Å². The SMILES string of the molecule is CCN(CC)c1ccc(N=Nc2snc3sc(S(=O)(=O)O)c(Cl)c23)c(Nc2nc(Nc3cc(N(CC)CC)ccc3N=Nc3snc4sc(S(=O)(=O)O)c(Cl)c34)nc(SCCS(=O)(=O)O)n2)c1. The molecular formula is C35H35Cl2N13O9S8. The number of aromatic nitrogens is 5. The van der Waals surface area contributed by atoms with Crippen LogP contribution in [0.2, 0.25) is 10.0 Å². The molecule has 5 N–H and O–H groups in total. The van der Waals surface area contributed by atoms with E-state index in [-0.39, 0.29) is 74.7 Å². The highest BCUT2D eigenvalue weighted by Gasteiger charge is 2.27. The number of azo groups is 2. The molecule has 32 heteroatoms. The normalized spacial score (nSPS) is 12.6. The zero-order valence-corrected chi connectivity index (χ0v) is 43.0. The summed E-state index contributed by atoms with van der Waals surface area (Å²) in [4.78, 5) is 18.4. The molecule has 7 aromatic rings. The number of nitrogens with zero attached hydrogens (tertiary/aromatic N) is 11. The molecule has 0 aliphatic rings. The molecule has 0 fully saturated rings. The van der Waals surface area contributed by atoms with Crippen LogP contribution in [0.15, 0.2) is 70.4 Å². The predicted molar refractivity (Wildman–Crippen MR) is 267 cm³/mol. The van der Waals surface area contributed by atoms with Gasteiger partial charge in [-0.15, -0.1) is 20.5 Å². The van der Waals surface area contributed by atoms with E-state index in [1.807, 2.05) is 39.8 Å². The van der Waals surface area contributed by atoms with Crippen molar-refractivity contribution in [3.8, 4) is 0 Å². The largest absolute Gasteiger partial charge is 0.372 e. The van der Waals surface area contributed by atoms with E-state index in [9.17, 15) is 38.9 Å². The van der Waals surface area contributed by atoms with Gasteiger partial charge in [0.2, 0.25) is 11.9 Å². The third-order valence-corrected chi connectivity index (χ3v) is 18.9. The van der Waals surface area contributed by atoms with Crippen LogP contribution < -0.4 is 20.4 Å². The van der Waals surface area contributed by atoms with E-state index in [0.717, 1.165) is 46.2 Å². The third-order valence-electron chi connectivity index (χ3n) is 9.33. The second-order valence-corrected chi connectivity index (χ2v) is 23.6. The molecule has 5 heterocycles. The molecule has 0 saturated carbocycles. The van der Waals surface area contributed by atoms with Crippen LogP contribution in [0.5, 0.6) is 0 Å². The second kappa shape index (κ2) is 20.7. The lowest BCUT2D eigenvalue weighted by atomic mass is 10.2. The van der Waals surface area contributed by atoms with Gasteiger partial charge in [0.25, 0.3) is 10.1 Å². The first-order valence-corrected chi connectivity index (χ1v) is 28.7. The number of nitrogens with one attached hydrogen (secondary N) is 2. The number of anilines is 6. The zero-order chi connectivity index (χ0) is 48.4. The first-order valence-electron chi connectivity index (χ1n) is 19.3. The van der Waals surface area contributed by atoms with Crippen LogP contribution in [0.1, 0.15) is 27.7 Å². The summed E-state index contributed by atoms with van der Waals surface area (Å²) < 4.78 is 107. The minimum absolute atomic E-state index is 0.0317. The van der Waals surface area contributed by atoms with E-state index in [2.05, 4.69) is 64.6 Å². The van der Waals surface area contributed by atoms with E-state index >= 15 is 0 Å². The first kappa shape index (κ1) is 50.6. The summed E-state index contributed by atoms with van der Waals surface area (Å²) >= 11 is 16.9. The fourth-order valence-electron chi connectivity index (χ4n) is 6.19. The van der Waals surface area contributed by atoms with E-state index in [4.69, 9.17) is 23.2 Å². The van der Waals surface area contributed by atoms with Crippen LogP contribution in [0.3, 0.4) is 0 Å². The van der Waals surface area contributed by atoms with Gasteiger partial charge in [0.15, 0.2) is 23.6 Å². The number of hydrogen-bond acceptors (Lipinski definition) is 24. The molecule has 0 amide bonds. The number of hydrogen-bond donors (Lipinski definition) is 5. The highest BCUT2D eigenvalue weighted by molar-refractivity contribution is 8.00. The van der Waals surface area contributed by atoms with Crippen molar-refractivity contribution in [1.29, 1.82) is 0 Å². The molecule has 0 spiro atoms. The van der Waals surface area contributed by atoms with Crippen LogP contribution in [0.25, 0.3) is 20.4 Å². The van der Waals surface area contributed by atoms with Crippen LogP contribution in [-0.2, 0) is 30.4 Å². The summed E-state index contributed by atoms with van der Waals surface area (Å²) in [5, 5.41) is 24.4. The second-order valence-electron chi connectivity index (χ2n) is 13.5. The zero-order valence-electron chi connectivity index (χ0n) is 34.9. The lowest BCUT2D eigenvalue weighted by Gasteiger charge is -2.22. The van der Waals surface area contributed by atoms with Crippen molar-refractivity contribution in [3.63, 3.8) is 0 Å². The van der Waals surface area contributed by atoms with Crippen molar-refractivity contribution in [2.24, 2.45) is 20.5 Å². The minimum Gasteiger partial charge on any atom is -0.372 e. The van der Waals surface area contributed by atoms with Crippen molar-refractivity contribution in [1.82, 2.24) is 23.7 Å². The fraction of sp³-hybridized carbons (Fsp3) is 0.286. The Bertz CT molecular complexity index is 3190. The number of thioether (sulfide) groups is 1. The predicted octanol–water partition coefficient (Wildman–Crippen LogP) is 11.0. The Morgan fingerprint density at radius 1 is 0.642 bits per heavy atom. The Morgan fingerprint density at radius 2 is 1.06 bits per heavy atom. The molecule has 356 valence electrons. The van der Waals surface area contributed by atoms with Gasteiger partial charge in [0.05, 0.1) is 37.9 Å². The molecule has 0 radical (unpaired) electrons. The minimum atomic E-state index is -4.63. The number of benzene rings is 2. The topological polar surface area (TPSA) is 308 Å². The van der Waals surface area contributed by atoms with Crippen molar-refractivity contribution in [3.05, 3.63) is 46.4 Å². The Morgan fingerprint density at radius 3 is 1.43 bits per heavy atom. The van der Waals surface area contributed by atoms with E-state index in [1.165, 1.54) is 0 Å². The average molecular weight is 1110 g/mol. The van der Waals surface area contributed by atoms with Gasteiger partial charge in [-0.25, -0.2) is 0 Å². The summed E-state index contributed by atoms with van der Waals surface area (Å²) in [6.07, 6.45) is 0. The smallest absolute Gasteiger partial charge is 0.305 e. The van der Waals surface area contributed by atoms with Gasteiger partial charge < -0.3 is 20.4 Å². The molecule has 0 bridgehead atoms. The van der Waals surface area contributed by atoms with E-state index in [1.54, 1.807) is 24.3 Å². The molecule has 0 saturated heterocycles. The average Bonchev–Trinajstić information content (AvgIpc) is 4.03. The Hall–Kier alpha value is -4.31. The first-order chi connectivity index (χ1) is 31.7. The van der Waals surface area contributed by atoms with E-state index < -0.39 is 44.5 Å². The molecule has 0 unspecified atom stereocenters. The van der Waals surface area contributed by atoms with Crippen LogP contribution in [-0.4, -0.2) is 100 Å². The Balaban J connectivity index is 1.30. The molecular weight excluding hydrogens is 1070 g/mol. The Kier molecular flexibility index (Phi) is 15.6. The number of halogens is 2. The summed E-state index contributed by atoms with van der Waals surface area (Å²) in [6.45, 7) is 10.6. The Labute approximate surface area is 413 Å². The van der Waals surface area contributed by atoms with Crippen LogP contribution in [0.4, 0.5) is 56.0 Å². The summed E-state index contributed by atoms with van der Waals surface area (Å²) in [6, 6.07) is 10.6. The maximum absolute atomic E-state index is 11.9. The van der Waals surface area contributed by atoms with Gasteiger partial charge in [-0.3, -0.25) is 13.7 Å². The molecule has 2 aromatic carbocycles. The molecule has 5 aromatic heterocycles. The highest BCUT2D eigenvalue weighted by atomic mass is 35.5. The van der Waals surface area contributed by atoms with Crippen molar-refractivity contribution in [2.75, 3.05) is 58.1 Å². The highest BCUT2D eigenvalue weighted by Crippen LogP contribution is 2.47. The van der Waals surface area contributed by atoms with Gasteiger partial charge in [0.1, 0.15) is 21.0 Å². The standard InChI is InChI=1S/C35H35Cl2N13O9S8/c1-5-49(6-2)17-9-11-19(43-45-27-23-25(36)31(66(54,55)56)61-29(23)47-63-27)21(15-17)38-33-40-34(42-35(41-33)60-13-14-65(51,52)53)39-22-16-18(50(7-3)8-4)10-12-20(22)44-46-28-24-26(37)32(67(57,58)59)62-30(24)48-64-28/h9-12,15-16H,5-8,13-14H2,1-4H3,(H,51,52,53)(H,54,55,56)(H,57,58,59)(H2,38,39,40,41,42). The molecule has 0 aliphatic carbocycles. The molecule has 0 atom stereocenters. The van der Waals surface area contributed by atoms with Gasteiger partial charge in [0, 0.05) is 43.3 Å². The summed E-state index contributed by atoms with van der Waals surface area (Å²) in [5.74, 6) is -0.791. The van der Waals surface area contributed by atoms with Crippen molar-refractivity contribution in [2.45, 2.75) is 41.3 Å². The van der Waals surface area contributed by atoms with Gasteiger partial charge in [-0.1, -0.05) is 57.6 Å². The summed E-state index contributed by atoms with van der Waals surface area (Å²) in [7, 11) is -13.6. The number of rotatable bonds is 20. The molecule has 22 nitrogen and oxygen atoms in total. The van der Waals surface area contributed by atoms with Gasteiger partial charge in [-0.05, 0) is 87.2 Å². The maximum Gasteiger partial charge on any atom is 0.305 e. The molecule has 0 aliphatic heterocycles. The maximum atomic E-state index is 11.9. The molecule has 67 heavy (non-hydrogen) atoms. The molecule has 7 rings (SSSR count). The fourth-order valence-corrected chi connectivity index (χ4v) is 14.5. The monoisotopic (exact) mass is 1110 g/mol. The third kappa shape index (κ3) is 11.8. The number of fused-ring (bicyclic) bond motifs is 2. The quantitative estimate of drug-likeness (QED) is 0.0269. The van der Waals surface area contributed by atoms with Crippen LogP contribution in [0, 0.1) is 0 Å². The van der Waals surface area contributed by atoms with E-state index in [0.29, 0.717) is 60.2 Å². The van der Waals surface area contributed by atoms with Crippen molar-refractivity contribution >= 4 is 188 Å².